The molecule has 0 bridgehead atoms. The van der Waals surface area contributed by atoms with Crippen molar-refractivity contribution >= 4 is 35.6 Å². The predicted molar refractivity (Wildman–Crippen MR) is 110 cm³/mol. The average molecular weight is 413 g/mol. The minimum Gasteiger partial charge on any atom is -0.495 e. The van der Waals surface area contributed by atoms with Gasteiger partial charge in [-0.3, -0.25) is 0 Å². The van der Waals surface area contributed by atoms with E-state index >= 15 is 0 Å². The molecule has 6 heteroatoms. The maximum Gasteiger partial charge on any atom is 0.137 e. The fourth-order valence-electron chi connectivity index (χ4n) is 2.54. The summed E-state index contributed by atoms with van der Waals surface area (Å²) >= 11 is 12.1. The SMILES string of the molecule is COc1ccc(-c2ccc(CNCCc3ccc(Cl)cc3)o2)cc1Cl.Cl. The fraction of sp³-hybridized carbons (Fsp3) is 0.200. The van der Waals surface area contributed by atoms with E-state index in [-0.39, 0.29) is 12.4 Å². The highest BCUT2D eigenvalue weighted by atomic mass is 35.5. The van der Waals surface area contributed by atoms with Gasteiger partial charge in [-0.1, -0.05) is 35.3 Å². The number of hydrogen-bond acceptors (Lipinski definition) is 3. The van der Waals surface area contributed by atoms with E-state index in [2.05, 4.69) is 5.32 Å². The van der Waals surface area contributed by atoms with Crippen LogP contribution in [-0.2, 0) is 13.0 Å². The first-order valence-corrected chi connectivity index (χ1v) is 8.79. The summed E-state index contributed by atoms with van der Waals surface area (Å²) < 4.78 is 11.1. The molecule has 3 nitrogen and oxygen atoms in total. The molecule has 3 aromatic rings. The van der Waals surface area contributed by atoms with E-state index < -0.39 is 0 Å². The smallest absolute Gasteiger partial charge is 0.137 e. The summed E-state index contributed by atoms with van der Waals surface area (Å²) in [5.41, 5.74) is 2.18. The highest BCUT2D eigenvalue weighted by Gasteiger charge is 2.08. The van der Waals surface area contributed by atoms with Crippen LogP contribution in [0.1, 0.15) is 11.3 Å². The maximum absolute atomic E-state index is 6.17. The molecule has 0 spiro atoms. The number of halogens is 3. The second-order valence-electron chi connectivity index (χ2n) is 5.67. The van der Waals surface area contributed by atoms with E-state index in [4.69, 9.17) is 32.4 Å². The number of methoxy groups -OCH3 is 1. The normalized spacial score (nSPS) is 10.4. The van der Waals surface area contributed by atoms with Crippen molar-refractivity contribution in [3.8, 4) is 17.1 Å². The Hall–Kier alpha value is -1.65. The summed E-state index contributed by atoms with van der Waals surface area (Å²) in [4.78, 5) is 0. The van der Waals surface area contributed by atoms with E-state index in [0.29, 0.717) is 17.3 Å². The van der Waals surface area contributed by atoms with Crippen molar-refractivity contribution in [1.82, 2.24) is 5.32 Å². The standard InChI is InChI=1S/C20H19Cl2NO2.ClH/c1-24-20-8-4-15(12-18(20)22)19-9-7-17(25-19)13-23-11-10-14-2-5-16(21)6-3-14;/h2-9,12,23H,10-11,13H2,1H3;1H. The van der Waals surface area contributed by atoms with E-state index in [1.54, 1.807) is 7.11 Å². The first kappa shape index (κ1) is 20.7. The number of rotatable bonds is 7. The molecule has 0 radical (unpaired) electrons. The van der Waals surface area contributed by atoms with Gasteiger partial charge in [-0.05, 0) is 61.0 Å². The largest absolute Gasteiger partial charge is 0.495 e. The minimum atomic E-state index is 0. The number of ether oxygens (including phenoxy) is 1. The van der Waals surface area contributed by atoms with Crippen molar-refractivity contribution in [2.45, 2.75) is 13.0 Å². The zero-order chi connectivity index (χ0) is 17.6. The van der Waals surface area contributed by atoms with E-state index in [1.165, 1.54) is 5.56 Å². The first-order chi connectivity index (χ1) is 12.2. The van der Waals surface area contributed by atoms with Crippen LogP contribution in [0.15, 0.2) is 59.0 Å². The fourth-order valence-corrected chi connectivity index (χ4v) is 2.93. The molecule has 0 unspecified atom stereocenters. The Balaban J connectivity index is 0.00000243. The van der Waals surface area contributed by atoms with Crippen molar-refractivity contribution in [2.24, 2.45) is 0 Å². The third-order valence-corrected chi connectivity index (χ3v) is 4.45. The van der Waals surface area contributed by atoms with Gasteiger partial charge in [0.05, 0.1) is 18.7 Å². The summed E-state index contributed by atoms with van der Waals surface area (Å²) in [6.45, 7) is 1.55. The Morgan fingerprint density at radius 3 is 2.46 bits per heavy atom. The molecule has 138 valence electrons. The van der Waals surface area contributed by atoms with Gasteiger partial charge < -0.3 is 14.5 Å². The lowest BCUT2D eigenvalue weighted by Crippen LogP contribution is -2.16. The monoisotopic (exact) mass is 411 g/mol. The molecule has 1 aromatic heterocycles. The quantitative estimate of drug-likeness (QED) is 0.482. The van der Waals surface area contributed by atoms with Gasteiger partial charge in [0.1, 0.15) is 17.3 Å². The number of furan rings is 1. The van der Waals surface area contributed by atoms with Gasteiger partial charge in [0, 0.05) is 10.6 Å². The van der Waals surface area contributed by atoms with Gasteiger partial charge in [-0.2, -0.15) is 0 Å². The summed E-state index contributed by atoms with van der Waals surface area (Å²) in [5.74, 6) is 2.33. The van der Waals surface area contributed by atoms with Gasteiger partial charge >= 0.3 is 0 Å². The second-order valence-corrected chi connectivity index (χ2v) is 6.51. The highest BCUT2D eigenvalue weighted by Crippen LogP contribution is 2.31. The molecule has 0 aliphatic carbocycles. The Morgan fingerprint density at radius 1 is 1.00 bits per heavy atom. The van der Waals surface area contributed by atoms with Crippen LogP contribution in [0.5, 0.6) is 5.75 Å². The summed E-state index contributed by atoms with van der Waals surface area (Å²) in [6.07, 6.45) is 0.943. The minimum absolute atomic E-state index is 0. The molecule has 0 saturated carbocycles. The van der Waals surface area contributed by atoms with Crippen LogP contribution in [0.3, 0.4) is 0 Å². The topological polar surface area (TPSA) is 34.4 Å². The van der Waals surface area contributed by atoms with E-state index in [1.807, 2.05) is 54.6 Å². The molecule has 0 atom stereocenters. The van der Waals surface area contributed by atoms with Crippen LogP contribution in [0, 0.1) is 0 Å². The number of hydrogen-bond donors (Lipinski definition) is 1. The highest BCUT2D eigenvalue weighted by molar-refractivity contribution is 6.32. The second kappa shape index (κ2) is 9.89. The molecule has 0 aliphatic rings. The lowest BCUT2D eigenvalue weighted by molar-refractivity contribution is 0.415. The summed E-state index contributed by atoms with van der Waals surface area (Å²) in [6, 6.07) is 17.5. The van der Waals surface area contributed by atoms with Crippen molar-refractivity contribution in [3.05, 3.63) is 76.0 Å². The average Bonchev–Trinajstić information content (AvgIpc) is 3.09. The van der Waals surface area contributed by atoms with Crippen LogP contribution in [0.4, 0.5) is 0 Å². The zero-order valence-electron chi connectivity index (χ0n) is 14.3. The lowest BCUT2D eigenvalue weighted by Gasteiger charge is -2.05. The molecule has 0 fully saturated rings. The Bertz CT molecular complexity index is 831. The van der Waals surface area contributed by atoms with Gasteiger partial charge in [0.25, 0.3) is 0 Å². The summed E-state index contributed by atoms with van der Waals surface area (Å²) in [7, 11) is 1.60. The van der Waals surface area contributed by atoms with Crippen LogP contribution < -0.4 is 10.1 Å². The lowest BCUT2D eigenvalue weighted by atomic mass is 10.1. The maximum atomic E-state index is 6.17. The zero-order valence-corrected chi connectivity index (χ0v) is 16.6. The molecule has 3 rings (SSSR count). The van der Waals surface area contributed by atoms with Crippen LogP contribution >= 0.6 is 35.6 Å². The van der Waals surface area contributed by atoms with Crippen LogP contribution in [-0.4, -0.2) is 13.7 Å². The molecule has 2 aromatic carbocycles. The van der Waals surface area contributed by atoms with Gasteiger partial charge in [0.2, 0.25) is 0 Å². The molecule has 1 heterocycles. The molecule has 0 amide bonds. The van der Waals surface area contributed by atoms with Crippen molar-refractivity contribution in [1.29, 1.82) is 0 Å². The first-order valence-electron chi connectivity index (χ1n) is 8.03. The molecule has 1 N–H and O–H groups in total. The molecule has 26 heavy (non-hydrogen) atoms. The molecule has 0 aliphatic heterocycles. The van der Waals surface area contributed by atoms with Gasteiger partial charge in [0.15, 0.2) is 0 Å². The van der Waals surface area contributed by atoms with Crippen molar-refractivity contribution < 1.29 is 9.15 Å². The van der Waals surface area contributed by atoms with Gasteiger partial charge in [-0.15, -0.1) is 12.4 Å². The van der Waals surface area contributed by atoms with E-state index in [0.717, 1.165) is 35.1 Å². The molecule has 0 saturated heterocycles. The van der Waals surface area contributed by atoms with Crippen LogP contribution in [0.25, 0.3) is 11.3 Å². The van der Waals surface area contributed by atoms with Gasteiger partial charge in [-0.25, -0.2) is 0 Å². The number of benzene rings is 2. The third kappa shape index (κ3) is 5.42. The number of nitrogens with one attached hydrogen (secondary N) is 1. The van der Waals surface area contributed by atoms with Crippen molar-refractivity contribution in [2.75, 3.05) is 13.7 Å². The predicted octanol–water partition coefficient (Wildman–Crippen LogP) is 6.02. The third-order valence-electron chi connectivity index (χ3n) is 3.90. The Morgan fingerprint density at radius 2 is 1.77 bits per heavy atom. The van der Waals surface area contributed by atoms with Crippen molar-refractivity contribution in [3.63, 3.8) is 0 Å². The summed E-state index contributed by atoms with van der Waals surface area (Å²) in [5, 5.41) is 4.72. The molecular weight excluding hydrogens is 393 g/mol. The molecular formula is C20H20Cl3NO2. The van der Waals surface area contributed by atoms with Crippen LogP contribution in [0.2, 0.25) is 10.0 Å². The van der Waals surface area contributed by atoms with E-state index in [9.17, 15) is 0 Å². The Kier molecular flexibility index (Phi) is 7.85. The Labute approximate surface area is 169 Å².